The lowest BCUT2D eigenvalue weighted by atomic mass is 9.95. The molecule has 0 aliphatic carbocycles. The smallest absolute Gasteiger partial charge is 0.178 e. The number of hydrogen-bond donors (Lipinski definition) is 0. The monoisotopic (exact) mass is 240 g/mol. The lowest BCUT2D eigenvalue weighted by Crippen LogP contribution is -2.16. The third-order valence-corrected chi connectivity index (χ3v) is 3.06. The summed E-state index contributed by atoms with van der Waals surface area (Å²) in [6.07, 6.45) is 1.07. The summed E-state index contributed by atoms with van der Waals surface area (Å²) in [5.74, 6) is -0.539. The van der Waals surface area contributed by atoms with Gasteiger partial charge in [-0.2, -0.15) is 0 Å². The highest BCUT2D eigenvalue weighted by atomic mass is 32.2. The molecule has 0 spiro atoms. The molecule has 0 amide bonds. The summed E-state index contributed by atoms with van der Waals surface area (Å²) in [5.41, 5.74) is 1.42. The van der Waals surface area contributed by atoms with Gasteiger partial charge in [0.05, 0.1) is 0 Å². The lowest BCUT2D eigenvalue weighted by molar-refractivity contribution is 0.102. The van der Waals surface area contributed by atoms with E-state index >= 15 is 0 Å². The third-order valence-electron chi connectivity index (χ3n) is 2.28. The fraction of sp³-hybridized carbons (Fsp3) is 0.417. The maximum Gasteiger partial charge on any atom is 0.178 e. The van der Waals surface area contributed by atoms with E-state index in [-0.39, 0.29) is 11.7 Å². The molecule has 0 aromatic heterocycles. The number of sulfone groups is 1. The topological polar surface area (TPSA) is 51.2 Å². The van der Waals surface area contributed by atoms with Gasteiger partial charge in [-0.05, 0) is 11.5 Å². The molecule has 3 nitrogen and oxygen atoms in total. The highest BCUT2D eigenvalue weighted by molar-refractivity contribution is 7.91. The standard InChI is InChI=1S/C12H16O3S/c1-9(2)10-6-4-5-7-11(10)12(13)8-16(3,14)15/h4-7,9H,8H2,1-3H3. The van der Waals surface area contributed by atoms with E-state index in [1.54, 1.807) is 12.1 Å². The molecule has 0 saturated heterocycles. The van der Waals surface area contributed by atoms with Crippen molar-refractivity contribution in [1.29, 1.82) is 0 Å². The molecule has 0 heterocycles. The van der Waals surface area contributed by atoms with Crippen molar-refractivity contribution < 1.29 is 13.2 Å². The Labute approximate surface area is 96.4 Å². The molecular weight excluding hydrogens is 224 g/mol. The largest absolute Gasteiger partial charge is 0.293 e. The molecule has 0 fully saturated rings. The van der Waals surface area contributed by atoms with E-state index < -0.39 is 15.6 Å². The van der Waals surface area contributed by atoms with Gasteiger partial charge in [0.15, 0.2) is 15.6 Å². The van der Waals surface area contributed by atoms with Crippen LogP contribution in [0.25, 0.3) is 0 Å². The van der Waals surface area contributed by atoms with E-state index in [9.17, 15) is 13.2 Å². The van der Waals surface area contributed by atoms with Crippen LogP contribution in [0.15, 0.2) is 24.3 Å². The van der Waals surface area contributed by atoms with Gasteiger partial charge in [-0.1, -0.05) is 38.1 Å². The lowest BCUT2D eigenvalue weighted by Gasteiger charge is -2.10. The molecule has 1 rings (SSSR count). The van der Waals surface area contributed by atoms with E-state index in [1.807, 2.05) is 26.0 Å². The maximum atomic E-state index is 11.8. The first-order valence-electron chi connectivity index (χ1n) is 5.11. The van der Waals surface area contributed by atoms with E-state index in [0.29, 0.717) is 5.56 Å². The molecule has 88 valence electrons. The second-order valence-electron chi connectivity index (χ2n) is 4.24. The number of Topliss-reactive ketones (excluding diaryl/α,β-unsaturated/α-hetero) is 1. The molecule has 16 heavy (non-hydrogen) atoms. The quantitative estimate of drug-likeness (QED) is 0.757. The predicted octanol–water partition coefficient (Wildman–Crippen LogP) is 2.04. The summed E-state index contributed by atoms with van der Waals surface area (Å²) in [7, 11) is -3.26. The van der Waals surface area contributed by atoms with Gasteiger partial charge < -0.3 is 0 Å². The molecule has 1 aromatic rings. The van der Waals surface area contributed by atoms with Gasteiger partial charge in [-0.25, -0.2) is 8.42 Å². The van der Waals surface area contributed by atoms with Crippen molar-refractivity contribution in [2.45, 2.75) is 19.8 Å². The van der Waals surface area contributed by atoms with Crippen molar-refractivity contribution in [2.24, 2.45) is 0 Å². The number of ketones is 1. The van der Waals surface area contributed by atoms with Gasteiger partial charge >= 0.3 is 0 Å². The van der Waals surface area contributed by atoms with Crippen molar-refractivity contribution in [3.8, 4) is 0 Å². The Hall–Kier alpha value is -1.16. The van der Waals surface area contributed by atoms with Crippen molar-refractivity contribution in [2.75, 3.05) is 12.0 Å². The average molecular weight is 240 g/mol. The Bertz CT molecular complexity index is 487. The molecule has 0 bridgehead atoms. The number of hydrogen-bond acceptors (Lipinski definition) is 3. The van der Waals surface area contributed by atoms with Crippen LogP contribution in [0.5, 0.6) is 0 Å². The molecule has 0 radical (unpaired) electrons. The van der Waals surface area contributed by atoms with Crippen molar-refractivity contribution >= 4 is 15.6 Å². The minimum Gasteiger partial charge on any atom is -0.293 e. The summed E-state index contributed by atoms with van der Waals surface area (Å²) in [6.45, 7) is 3.96. The molecule has 0 unspecified atom stereocenters. The van der Waals surface area contributed by atoms with Crippen LogP contribution in [0.4, 0.5) is 0 Å². The number of carbonyl (C=O) groups excluding carboxylic acids is 1. The molecule has 4 heteroatoms. The van der Waals surface area contributed by atoms with Crippen molar-refractivity contribution in [3.63, 3.8) is 0 Å². The minimum atomic E-state index is -3.26. The van der Waals surface area contributed by atoms with Crippen LogP contribution in [-0.2, 0) is 9.84 Å². The van der Waals surface area contributed by atoms with Gasteiger partial charge in [0.1, 0.15) is 5.75 Å². The Kier molecular flexibility index (Phi) is 3.86. The molecule has 0 aliphatic heterocycles. The zero-order valence-electron chi connectivity index (χ0n) is 9.73. The fourth-order valence-corrected chi connectivity index (χ4v) is 2.20. The number of benzene rings is 1. The van der Waals surface area contributed by atoms with Gasteiger partial charge in [-0.3, -0.25) is 4.79 Å². The van der Waals surface area contributed by atoms with Crippen LogP contribution in [0.3, 0.4) is 0 Å². The van der Waals surface area contributed by atoms with Crippen LogP contribution < -0.4 is 0 Å². The van der Waals surface area contributed by atoms with Crippen LogP contribution in [0.1, 0.15) is 35.7 Å². The summed E-state index contributed by atoms with van der Waals surface area (Å²) in [4.78, 5) is 11.8. The van der Waals surface area contributed by atoms with Crippen LogP contribution in [0.2, 0.25) is 0 Å². The first kappa shape index (κ1) is 12.9. The summed E-state index contributed by atoms with van der Waals surface area (Å²) in [6, 6.07) is 7.15. The summed E-state index contributed by atoms with van der Waals surface area (Å²) < 4.78 is 22.2. The second kappa shape index (κ2) is 4.78. The van der Waals surface area contributed by atoms with Crippen molar-refractivity contribution in [1.82, 2.24) is 0 Å². The normalized spacial score (nSPS) is 11.8. The molecule has 0 N–H and O–H groups in total. The molecular formula is C12H16O3S. The highest BCUT2D eigenvalue weighted by Gasteiger charge is 2.17. The fourth-order valence-electron chi connectivity index (χ4n) is 1.57. The first-order valence-corrected chi connectivity index (χ1v) is 7.17. The zero-order chi connectivity index (χ0) is 12.3. The van der Waals surface area contributed by atoms with E-state index in [4.69, 9.17) is 0 Å². The van der Waals surface area contributed by atoms with Gasteiger partial charge in [0, 0.05) is 11.8 Å². The average Bonchev–Trinajstić information content (AvgIpc) is 2.15. The SMILES string of the molecule is CC(C)c1ccccc1C(=O)CS(C)(=O)=O. The molecule has 0 aliphatic rings. The first-order chi connectivity index (χ1) is 7.31. The zero-order valence-corrected chi connectivity index (χ0v) is 10.5. The van der Waals surface area contributed by atoms with Gasteiger partial charge in [-0.15, -0.1) is 0 Å². The highest BCUT2D eigenvalue weighted by Crippen LogP contribution is 2.19. The predicted molar refractivity (Wildman–Crippen MR) is 64.6 cm³/mol. The van der Waals surface area contributed by atoms with E-state index in [1.165, 1.54) is 0 Å². The molecule has 1 aromatic carbocycles. The summed E-state index contributed by atoms with van der Waals surface area (Å²) in [5, 5.41) is 0. The van der Waals surface area contributed by atoms with Gasteiger partial charge in [0.2, 0.25) is 0 Å². The van der Waals surface area contributed by atoms with E-state index in [2.05, 4.69) is 0 Å². The second-order valence-corrected chi connectivity index (χ2v) is 6.38. The van der Waals surface area contributed by atoms with Crippen LogP contribution in [-0.4, -0.2) is 26.2 Å². The Morgan fingerprint density at radius 2 is 1.81 bits per heavy atom. The maximum absolute atomic E-state index is 11.8. The van der Waals surface area contributed by atoms with E-state index in [0.717, 1.165) is 11.8 Å². The number of rotatable bonds is 4. The number of carbonyl (C=O) groups is 1. The van der Waals surface area contributed by atoms with Gasteiger partial charge in [0.25, 0.3) is 0 Å². The Balaban J connectivity index is 3.09. The van der Waals surface area contributed by atoms with Crippen LogP contribution >= 0.6 is 0 Å². The Morgan fingerprint density at radius 1 is 1.25 bits per heavy atom. The molecule has 0 atom stereocenters. The Morgan fingerprint density at radius 3 is 2.31 bits per heavy atom. The minimum absolute atomic E-state index is 0.208. The summed E-state index contributed by atoms with van der Waals surface area (Å²) >= 11 is 0. The van der Waals surface area contributed by atoms with Crippen molar-refractivity contribution in [3.05, 3.63) is 35.4 Å². The molecule has 0 saturated carbocycles. The third kappa shape index (κ3) is 3.45. The van der Waals surface area contributed by atoms with Crippen LogP contribution in [0, 0.1) is 0 Å².